The van der Waals surface area contributed by atoms with Gasteiger partial charge in [0.05, 0.1) is 11.3 Å². The number of hydrogen-bond acceptors (Lipinski definition) is 3. The van der Waals surface area contributed by atoms with Crippen molar-refractivity contribution in [1.82, 2.24) is 9.88 Å². The third kappa shape index (κ3) is 3.65. The largest absolute Gasteiger partial charge is 0.342 e. The lowest BCUT2D eigenvalue weighted by Crippen LogP contribution is -2.36. The Morgan fingerprint density at radius 3 is 2.76 bits per heavy atom. The number of amides is 1. The number of carbonyl (C=O) groups excluding carboxylic acids is 1. The molecule has 0 saturated carbocycles. The van der Waals surface area contributed by atoms with E-state index in [0.717, 1.165) is 54.7 Å². The highest BCUT2D eigenvalue weighted by atomic mass is 35.5. The number of benzene rings is 1. The molecule has 0 N–H and O–H groups in total. The maximum absolute atomic E-state index is 12.6. The molecule has 2 aromatic rings. The van der Waals surface area contributed by atoms with Crippen LogP contribution in [-0.4, -0.2) is 34.6 Å². The Hall–Kier alpha value is -1.26. The molecular formula is C20H23ClN2OS. The van der Waals surface area contributed by atoms with Crippen molar-refractivity contribution in [2.45, 2.75) is 49.8 Å². The molecule has 0 spiro atoms. The molecule has 1 fully saturated rings. The van der Waals surface area contributed by atoms with Crippen LogP contribution in [-0.2, 0) is 17.6 Å². The highest BCUT2D eigenvalue weighted by molar-refractivity contribution is 8.00. The molecule has 0 radical (unpaired) electrons. The molecule has 1 aliphatic heterocycles. The molecule has 132 valence electrons. The average Bonchev–Trinajstić information content (AvgIpc) is 2.66. The molecule has 2 heterocycles. The predicted molar refractivity (Wildman–Crippen MR) is 105 cm³/mol. The highest BCUT2D eigenvalue weighted by Crippen LogP contribution is 2.37. The normalized spacial score (nSPS) is 17.6. The molecule has 3 nitrogen and oxygen atoms in total. The van der Waals surface area contributed by atoms with Crippen LogP contribution in [0.5, 0.6) is 0 Å². The quantitative estimate of drug-likeness (QED) is 0.718. The van der Waals surface area contributed by atoms with Crippen LogP contribution in [0.15, 0.2) is 23.1 Å². The second-order valence-corrected chi connectivity index (χ2v) is 8.39. The first-order valence-electron chi connectivity index (χ1n) is 9.24. The summed E-state index contributed by atoms with van der Waals surface area (Å²) in [6.45, 7) is 1.83. The van der Waals surface area contributed by atoms with E-state index in [1.165, 1.54) is 35.4 Å². The molecule has 5 heteroatoms. The molecule has 0 bridgehead atoms. The van der Waals surface area contributed by atoms with Crippen molar-refractivity contribution in [1.29, 1.82) is 0 Å². The van der Waals surface area contributed by atoms with Crippen molar-refractivity contribution in [2.75, 3.05) is 18.8 Å². The number of nitrogens with zero attached hydrogens (tertiary/aromatic N) is 2. The van der Waals surface area contributed by atoms with Crippen molar-refractivity contribution in [3.8, 4) is 0 Å². The molecule has 0 unspecified atom stereocenters. The first-order chi connectivity index (χ1) is 12.2. The van der Waals surface area contributed by atoms with E-state index in [4.69, 9.17) is 16.6 Å². The fraction of sp³-hybridized carbons (Fsp3) is 0.500. The third-order valence-electron chi connectivity index (χ3n) is 5.22. The van der Waals surface area contributed by atoms with Gasteiger partial charge in [-0.25, -0.2) is 0 Å². The van der Waals surface area contributed by atoms with Crippen LogP contribution in [0.3, 0.4) is 0 Å². The Labute approximate surface area is 158 Å². The van der Waals surface area contributed by atoms with Gasteiger partial charge in [-0.1, -0.05) is 11.6 Å². The smallest absolute Gasteiger partial charge is 0.232 e. The SMILES string of the molecule is O=C(CSc1c2c(nc3ccc(Cl)cc13)CCCC2)N1CCCCC1. The number of piperidine rings is 1. The summed E-state index contributed by atoms with van der Waals surface area (Å²) in [7, 11) is 0. The molecule has 1 amide bonds. The molecule has 2 aliphatic rings. The van der Waals surface area contributed by atoms with Gasteiger partial charge in [0.2, 0.25) is 5.91 Å². The first-order valence-corrected chi connectivity index (χ1v) is 10.6. The predicted octanol–water partition coefficient (Wildman–Crippen LogP) is 4.87. The maximum atomic E-state index is 12.6. The zero-order valence-corrected chi connectivity index (χ0v) is 16.0. The number of fused-ring (bicyclic) bond motifs is 2. The number of halogens is 1. The Kier molecular flexibility index (Phi) is 5.18. The van der Waals surface area contributed by atoms with Gasteiger partial charge < -0.3 is 4.90 Å². The van der Waals surface area contributed by atoms with Crippen LogP contribution < -0.4 is 0 Å². The summed E-state index contributed by atoms with van der Waals surface area (Å²) in [5.74, 6) is 0.777. The van der Waals surface area contributed by atoms with Crippen molar-refractivity contribution < 1.29 is 4.79 Å². The van der Waals surface area contributed by atoms with Gasteiger partial charge in [-0.3, -0.25) is 9.78 Å². The topological polar surface area (TPSA) is 33.2 Å². The Balaban J connectivity index is 1.64. The van der Waals surface area contributed by atoms with Crippen LogP contribution >= 0.6 is 23.4 Å². The highest BCUT2D eigenvalue weighted by Gasteiger charge is 2.21. The van der Waals surface area contributed by atoms with Crippen molar-refractivity contribution >= 4 is 40.2 Å². The summed E-state index contributed by atoms with van der Waals surface area (Å²) in [4.78, 5) is 20.7. The summed E-state index contributed by atoms with van der Waals surface area (Å²) < 4.78 is 0. The zero-order valence-electron chi connectivity index (χ0n) is 14.4. The van der Waals surface area contributed by atoms with E-state index in [1.54, 1.807) is 11.8 Å². The molecule has 4 rings (SSSR count). The van der Waals surface area contributed by atoms with Gasteiger partial charge in [0.15, 0.2) is 0 Å². The third-order valence-corrected chi connectivity index (χ3v) is 6.60. The number of aryl methyl sites for hydroxylation is 1. The van der Waals surface area contributed by atoms with E-state index in [-0.39, 0.29) is 5.91 Å². The number of hydrogen-bond donors (Lipinski definition) is 0. The number of pyridine rings is 1. The lowest BCUT2D eigenvalue weighted by Gasteiger charge is -2.27. The summed E-state index contributed by atoms with van der Waals surface area (Å²) >= 11 is 7.93. The van der Waals surface area contributed by atoms with Crippen LogP contribution in [0.1, 0.15) is 43.4 Å². The van der Waals surface area contributed by atoms with E-state index >= 15 is 0 Å². The summed E-state index contributed by atoms with van der Waals surface area (Å²) in [6.07, 6.45) is 8.04. The van der Waals surface area contributed by atoms with E-state index in [0.29, 0.717) is 5.75 Å². The lowest BCUT2D eigenvalue weighted by atomic mass is 9.94. The Morgan fingerprint density at radius 2 is 1.92 bits per heavy atom. The maximum Gasteiger partial charge on any atom is 0.232 e. The first kappa shape index (κ1) is 17.2. The average molecular weight is 375 g/mol. The van der Waals surface area contributed by atoms with Gasteiger partial charge in [-0.2, -0.15) is 0 Å². The molecule has 1 aromatic carbocycles. The second-order valence-electron chi connectivity index (χ2n) is 6.96. The Bertz CT molecular complexity index is 802. The molecule has 0 atom stereocenters. The number of carbonyl (C=O) groups is 1. The summed E-state index contributed by atoms with van der Waals surface area (Å²) in [5, 5.41) is 1.83. The number of aromatic nitrogens is 1. The molecule has 25 heavy (non-hydrogen) atoms. The Morgan fingerprint density at radius 1 is 1.12 bits per heavy atom. The number of rotatable bonds is 3. The minimum atomic E-state index is 0.265. The summed E-state index contributed by atoms with van der Waals surface area (Å²) in [5.41, 5.74) is 3.56. The monoisotopic (exact) mass is 374 g/mol. The van der Waals surface area contributed by atoms with Crippen LogP contribution in [0.2, 0.25) is 5.02 Å². The summed E-state index contributed by atoms with van der Waals surface area (Å²) in [6, 6.07) is 5.91. The van der Waals surface area contributed by atoms with Crippen LogP contribution in [0.4, 0.5) is 0 Å². The minimum absolute atomic E-state index is 0.265. The van der Waals surface area contributed by atoms with Crippen LogP contribution in [0, 0.1) is 0 Å². The van der Waals surface area contributed by atoms with E-state index < -0.39 is 0 Å². The fourth-order valence-corrected chi connectivity index (χ4v) is 5.22. The van der Waals surface area contributed by atoms with Gasteiger partial charge in [0.25, 0.3) is 0 Å². The van der Waals surface area contributed by atoms with E-state index in [1.807, 2.05) is 23.1 Å². The number of thioether (sulfide) groups is 1. The lowest BCUT2D eigenvalue weighted by molar-refractivity contribution is -0.129. The van der Waals surface area contributed by atoms with Gasteiger partial charge in [0, 0.05) is 34.1 Å². The van der Waals surface area contributed by atoms with Gasteiger partial charge in [0.1, 0.15) is 0 Å². The zero-order chi connectivity index (χ0) is 17.2. The van der Waals surface area contributed by atoms with Gasteiger partial charge in [-0.05, 0) is 68.7 Å². The van der Waals surface area contributed by atoms with Crippen LogP contribution in [0.25, 0.3) is 10.9 Å². The fourth-order valence-electron chi connectivity index (χ4n) is 3.89. The standard InChI is InChI=1S/C20H23ClN2OS/c21-14-8-9-18-16(12-14)20(15-6-2-3-7-17(15)22-18)25-13-19(24)23-10-4-1-5-11-23/h8-9,12H,1-7,10-11,13H2. The second kappa shape index (κ2) is 7.55. The van der Waals surface area contributed by atoms with Gasteiger partial charge in [-0.15, -0.1) is 11.8 Å². The van der Waals surface area contributed by atoms with Crippen molar-refractivity contribution in [3.05, 3.63) is 34.5 Å². The molecular weight excluding hydrogens is 352 g/mol. The number of likely N-dealkylation sites (tertiary alicyclic amines) is 1. The van der Waals surface area contributed by atoms with Gasteiger partial charge >= 0.3 is 0 Å². The molecule has 1 aliphatic carbocycles. The molecule has 1 aromatic heterocycles. The van der Waals surface area contributed by atoms with E-state index in [2.05, 4.69) is 0 Å². The van der Waals surface area contributed by atoms with Crippen molar-refractivity contribution in [3.63, 3.8) is 0 Å². The molecule has 1 saturated heterocycles. The van der Waals surface area contributed by atoms with E-state index in [9.17, 15) is 4.79 Å². The minimum Gasteiger partial charge on any atom is -0.342 e. The van der Waals surface area contributed by atoms with Crippen molar-refractivity contribution in [2.24, 2.45) is 0 Å².